The van der Waals surface area contributed by atoms with Crippen molar-refractivity contribution >= 4 is 0 Å². The molecule has 0 atom stereocenters. The highest BCUT2D eigenvalue weighted by molar-refractivity contribution is 5.25. The molecule has 0 amide bonds. The number of allylic oxidation sites excluding steroid dienone is 6. The van der Waals surface area contributed by atoms with Gasteiger partial charge >= 0.3 is 0 Å². The van der Waals surface area contributed by atoms with Crippen LogP contribution in [0, 0.1) is 5.92 Å². The molecule has 0 aliphatic heterocycles. The maximum absolute atomic E-state index is 8.99. The number of aliphatic hydroxyl groups excluding tert-OH is 1. The highest BCUT2D eigenvalue weighted by Gasteiger charge is 1.98. The second-order valence-electron chi connectivity index (χ2n) is 2.14. The zero-order chi connectivity index (χ0) is 7.40. The maximum Gasteiger partial charge on any atom is 0.111 e. The Hall–Kier alpha value is -1.24. The molecule has 0 aromatic rings. The Kier molecular flexibility index (Phi) is 2.11. The van der Waals surface area contributed by atoms with E-state index in [1.54, 1.807) is 6.08 Å². The van der Waals surface area contributed by atoms with Crippen LogP contribution in [-0.2, 0) is 0 Å². The number of hydrogen-bond donors (Lipinski definition) is 1. The van der Waals surface area contributed by atoms with Crippen LogP contribution in [-0.4, -0.2) is 5.11 Å². The summed E-state index contributed by atoms with van der Waals surface area (Å²) in [6, 6.07) is 0. The van der Waals surface area contributed by atoms with E-state index in [4.69, 9.17) is 5.11 Å². The molecular weight excluding hydrogens is 124 g/mol. The third-order valence-electron chi connectivity index (χ3n) is 1.35. The van der Waals surface area contributed by atoms with Gasteiger partial charge in [0.25, 0.3) is 0 Å². The molecule has 0 aromatic heterocycles. The molecule has 0 aromatic carbocycles. The van der Waals surface area contributed by atoms with Crippen molar-refractivity contribution in [3.63, 3.8) is 0 Å². The molecule has 1 rings (SSSR count). The predicted molar refractivity (Wildman–Crippen MR) is 42.7 cm³/mol. The summed E-state index contributed by atoms with van der Waals surface area (Å²) < 4.78 is 0. The van der Waals surface area contributed by atoms with Crippen molar-refractivity contribution in [2.24, 2.45) is 5.92 Å². The lowest BCUT2D eigenvalue weighted by molar-refractivity contribution is 0.429. The molecule has 0 fully saturated rings. The molecule has 1 nitrogen and oxygen atoms in total. The fourth-order valence-corrected chi connectivity index (χ4v) is 0.825. The molecule has 0 unspecified atom stereocenters. The molecule has 1 heteroatoms. The minimum atomic E-state index is 0.237. The second-order valence-corrected chi connectivity index (χ2v) is 2.14. The Morgan fingerprint density at radius 1 is 1.40 bits per heavy atom. The van der Waals surface area contributed by atoms with Gasteiger partial charge in [-0.3, -0.25) is 0 Å². The lowest BCUT2D eigenvalue weighted by Gasteiger charge is -1.95. The fourth-order valence-electron chi connectivity index (χ4n) is 0.825. The van der Waals surface area contributed by atoms with E-state index in [0.717, 1.165) is 0 Å². The first-order valence-corrected chi connectivity index (χ1v) is 3.21. The van der Waals surface area contributed by atoms with Gasteiger partial charge in [-0.2, -0.15) is 0 Å². The van der Waals surface area contributed by atoms with Crippen LogP contribution in [0.15, 0.2) is 48.8 Å². The zero-order valence-electron chi connectivity index (χ0n) is 5.70. The third kappa shape index (κ3) is 1.62. The highest BCUT2D eigenvalue weighted by Crippen LogP contribution is 2.11. The Morgan fingerprint density at radius 3 is 2.50 bits per heavy atom. The quantitative estimate of drug-likeness (QED) is 0.454. The van der Waals surface area contributed by atoms with E-state index in [1.165, 1.54) is 6.08 Å². The van der Waals surface area contributed by atoms with Crippen LogP contribution in [0.25, 0.3) is 0 Å². The van der Waals surface area contributed by atoms with Crippen molar-refractivity contribution in [2.75, 3.05) is 0 Å². The Balaban J connectivity index is 2.60. The summed E-state index contributed by atoms with van der Waals surface area (Å²) >= 11 is 0. The monoisotopic (exact) mass is 134 g/mol. The van der Waals surface area contributed by atoms with Gasteiger partial charge in [0, 0.05) is 5.92 Å². The molecule has 1 aliphatic carbocycles. The summed E-state index contributed by atoms with van der Waals surface area (Å²) in [5, 5.41) is 8.99. The SMILES string of the molecule is C=C/C(O)=C/C1C=CC=C1. The molecule has 0 radical (unpaired) electrons. The predicted octanol–water partition coefficient (Wildman–Crippen LogP) is 2.36. The molecule has 10 heavy (non-hydrogen) atoms. The summed E-state index contributed by atoms with van der Waals surface area (Å²) in [6.07, 6.45) is 11.1. The molecule has 0 saturated carbocycles. The van der Waals surface area contributed by atoms with Gasteiger partial charge in [-0.1, -0.05) is 30.9 Å². The van der Waals surface area contributed by atoms with E-state index in [9.17, 15) is 0 Å². The number of rotatable bonds is 2. The highest BCUT2D eigenvalue weighted by atomic mass is 16.3. The van der Waals surface area contributed by atoms with Gasteiger partial charge in [-0.05, 0) is 12.2 Å². The second kappa shape index (κ2) is 3.06. The maximum atomic E-state index is 8.99. The minimum absolute atomic E-state index is 0.237. The third-order valence-corrected chi connectivity index (χ3v) is 1.35. The standard InChI is InChI=1S/C9H10O/c1-2-9(10)7-8-5-3-4-6-8/h2-8,10H,1H2/b9-7-. The van der Waals surface area contributed by atoms with E-state index >= 15 is 0 Å². The molecular formula is C9H10O. The summed E-state index contributed by atoms with van der Waals surface area (Å²) in [6.45, 7) is 3.44. The lowest BCUT2D eigenvalue weighted by atomic mass is 10.1. The Morgan fingerprint density at radius 2 is 2.00 bits per heavy atom. The van der Waals surface area contributed by atoms with E-state index in [-0.39, 0.29) is 11.7 Å². The van der Waals surface area contributed by atoms with Gasteiger partial charge in [0.1, 0.15) is 5.76 Å². The van der Waals surface area contributed by atoms with Crippen LogP contribution < -0.4 is 0 Å². The van der Waals surface area contributed by atoms with Crippen molar-refractivity contribution in [3.8, 4) is 0 Å². The van der Waals surface area contributed by atoms with Gasteiger partial charge in [0.05, 0.1) is 0 Å². The van der Waals surface area contributed by atoms with Crippen LogP contribution in [0.5, 0.6) is 0 Å². The van der Waals surface area contributed by atoms with Gasteiger partial charge in [-0.15, -0.1) is 0 Å². The van der Waals surface area contributed by atoms with Crippen molar-refractivity contribution in [1.82, 2.24) is 0 Å². The molecule has 0 bridgehead atoms. The normalized spacial score (nSPS) is 18.2. The molecule has 0 saturated heterocycles. The topological polar surface area (TPSA) is 20.2 Å². The Labute approximate surface area is 60.7 Å². The van der Waals surface area contributed by atoms with Crippen LogP contribution in [0.3, 0.4) is 0 Å². The summed E-state index contributed by atoms with van der Waals surface area (Å²) in [7, 11) is 0. The molecule has 52 valence electrons. The van der Waals surface area contributed by atoms with E-state index < -0.39 is 0 Å². The lowest BCUT2D eigenvalue weighted by Crippen LogP contribution is -1.84. The van der Waals surface area contributed by atoms with Crippen molar-refractivity contribution < 1.29 is 5.11 Å². The van der Waals surface area contributed by atoms with Crippen LogP contribution >= 0.6 is 0 Å². The van der Waals surface area contributed by atoms with E-state index in [0.29, 0.717) is 0 Å². The van der Waals surface area contributed by atoms with Gasteiger partial charge < -0.3 is 5.11 Å². The van der Waals surface area contributed by atoms with Crippen molar-refractivity contribution in [1.29, 1.82) is 0 Å². The minimum Gasteiger partial charge on any atom is -0.508 e. The first kappa shape index (κ1) is 6.87. The first-order chi connectivity index (χ1) is 4.83. The number of hydrogen-bond acceptors (Lipinski definition) is 1. The van der Waals surface area contributed by atoms with Crippen molar-refractivity contribution in [3.05, 3.63) is 48.8 Å². The summed E-state index contributed by atoms with van der Waals surface area (Å²) in [5.74, 6) is 0.485. The average molecular weight is 134 g/mol. The summed E-state index contributed by atoms with van der Waals surface area (Å²) in [5.41, 5.74) is 0. The van der Waals surface area contributed by atoms with Crippen LogP contribution in [0.1, 0.15) is 0 Å². The fraction of sp³-hybridized carbons (Fsp3) is 0.111. The van der Waals surface area contributed by atoms with Gasteiger partial charge in [-0.25, -0.2) is 0 Å². The van der Waals surface area contributed by atoms with E-state index in [1.807, 2.05) is 24.3 Å². The average Bonchev–Trinajstić information content (AvgIpc) is 2.40. The summed E-state index contributed by atoms with van der Waals surface area (Å²) in [4.78, 5) is 0. The van der Waals surface area contributed by atoms with Crippen LogP contribution in [0.2, 0.25) is 0 Å². The molecule has 1 N–H and O–H groups in total. The van der Waals surface area contributed by atoms with Gasteiger partial charge in [0.2, 0.25) is 0 Å². The largest absolute Gasteiger partial charge is 0.508 e. The molecule has 1 aliphatic rings. The van der Waals surface area contributed by atoms with E-state index in [2.05, 4.69) is 6.58 Å². The molecule has 0 spiro atoms. The molecule has 0 heterocycles. The zero-order valence-corrected chi connectivity index (χ0v) is 5.70. The smallest absolute Gasteiger partial charge is 0.111 e. The van der Waals surface area contributed by atoms with Crippen LogP contribution in [0.4, 0.5) is 0 Å². The van der Waals surface area contributed by atoms with Crippen molar-refractivity contribution in [2.45, 2.75) is 0 Å². The van der Waals surface area contributed by atoms with Gasteiger partial charge in [0.15, 0.2) is 0 Å². The first-order valence-electron chi connectivity index (χ1n) is 3.21. The Bertz CT molecular complexity index is 197. The number of aliphatic hydroxyl groups is 1.